The van der Waals surface area contributed by atoms with Gasteiger partial charge >= 0.3 is 5.97 Å². The zero-order valence-electron chi connectivity index (χ0n) is 16.1. The van der Waals surface area contributed by atoms with Crippen LogP contribution in [0.4, 0.5) is 0 Å². The van der Waals surface area contributed by atoms with Crippen LogP contribution in [0, 0.1) is 17.2 Å². The number of halogens is 1. The fraction of sp³-hybridized carbons (Fsp3) is 0.261. The molecular formula is C23H21BrN2O2S. The van der Waals surface area contributed by atoms with Gasteiger partial charge in [-0.05, 0) is 48.6 Å². The maximum absolute atomic E-state index is 12.6. The number of nitrogens with zero attached hydrogens (tertiary/aromatic N) is 2. The number of ether oxygens (including phenoxy) is 1. The van der Waals surface area contributed by atoms with Crippen LogP contribution in [0.25, 0.3) is 6.08 Å². The molecule has 0 saturated carbocycles. The first kappa shape index (κ1) is 21.2. The number of piperidine rings is 1. The Morgan fingerprint density at radius 3 is 2.59 bits per heavy atom. The molecule has 1 fully saturated rings. The van der Waals surface area contributed by atoms with Gasteiger partial charge in [-0.3, -0.25) is 0 Å². The zero-order chi connectivity index (χ0) is 20.8. The molecule has 3 rings (SSSR count). The van der Waals surface area contributed by atoms with Gasteiger partial charge < -0.3 is 9.64 Å². The number of nitriles is 1. The predicted molar refractivity (Wildman–Crippen MR) is 121 cm³/mol. The second-order valence-corrected chi connectivity index (χ2v) is 8.39. The maximum Gasteiger partial charge on any atom is 0.354 e. The summed E-state index contributed by atoms with van der Waals surface area (Å²) in [4.78, 5) is 15.5. The quantitative estimate of drug-likeness (QED) is 0.198. The summed E-state index contributed by atoms with van der Waals surface area (Å²) >= 11 is 9.18. The third-order valence-corrected chi connectivity index (χ3v) is 5.87. The summed E-state index contributed by atoms with van der Waals surface area (Å²) in [5.74, 6) is 0.348. The summed E-state index contributed by atoms with van der Waals surface area (Å²) < 4.78 is 6.44. The van der Waals surface area contributed by atoms with Gasteiger partial charge in [-0.1, -0.05) is 65.4 Å². The Morgan fingerprint density at radius 2 is 1.93 bits per heavy atom. The van der Waals surface area contributed by atoms with Crippen LogP contribution in [-0.2, 0) is 4.79 Å². The molecule has 0 amide bonds. The highest BCUT2D eigenvalue weighted by Gasteiger charge is 2.23. The first-order valence-corrected chi connectivity index (χ1v) is 10.7. The van der Waals surface area contributed by atoms with E-state index in [9.17, 15) is 10.1 Å². The highest BCUT2D eigenvalue weighted by atomic mass is 79.9. The van der Waals surface area contributed by atoms with Crippen LogP contribution in [-0.4, -0.2) is 28.9 Å². The molecule has 1 heterocycles. The molecule has 0 bridgehead atoms. The first-order chi connectivity index (χ1) is 14.0. The lowest BCUT2D eigenvalue weighted by molar-refractivity contribution is -0.129. The molecule has 4 nitrogen and oxygen atoms in total. The minimum Gasteiger partial charge on any atom is -0.422 e. The Morgan fingerprint density at radius 1 is 1.24 bits per heavy atom. The topological polar surface area (TPSA) is 53.3 Å². The number of hydrogen-bond acceptors (Lipinski definition) is 4. The van der Waals surface area contributed by atoms with Crippen LogP contribution in [0.15, 0.2) is 58.6 Å². The fourth-order valence-corrected chi connectivity index (χ4v) is 3.85. The molecule has 1 saturated heterocycles. The van der Waals surface area contributed by atoms with E-state index < -0.39 is 5.97 Å². The van der Waals surface area contributed by atoms with E-state index in [1.807, 2.05) is 42.5 Å². The van der Waals surface area contributed by atoms with Crippen LogP contribution < -0.4 is 4.74 Å². The van der Waals surface area contributed by atoms with Gasteiger partial charge in [0.1, 0.15) is 22.4 Å². The van der Waals surface area contributed by atoms with E-state index in [1.165, 1.54) is 6.08 Å². The standard InChI is InChI=1S/C23H21BrN2O2S/c1-16-9-11-26(12-10-16)22(29)20-14-19(24)7-8-21(20)28-23(27)18(15-25)13-17-5-3-2-4-6-17/h2-8,13-14,16H,9-12H2,1H3/b18-13+. The highest BCUT2D eigenvalue weighted by Crippen LogP contribution is 2.28. The monoisotopic (exact) mass is 468 g/mol. The number of carbonyl (C=O) groups is 1. The molecule has 0 unspecified atom stereocenters. The van der Waals surface area contributed by atoms with Crippen molar-refractivity contribution in [2.45, 2.75) is 19.8 Å². The van der Waals surface area contributed by atoms with Crippen LogP contribution in [0.3, 0.4) is 0 Å². The minimum absolute atomic E-state index is 0.0669. The van der Waals surface area contributed by atoms with E-state index in [0.717, 1.165) is 36.0 Å². The third kappa shape index (κ3) is 5.53. The molecule has 0 radical (unpaired) electrons. The molecule has 2 aromatic rings. The fourth-order valence-electron chi connectivity index (χ4n) is 3.15. The average Bonchev–Trinajstić information content (AvgIpc) is 2.74. The van der Waals surface area contributed by atoms with E-state index in [2.05, 4.69) is 27.8 Å². The Kier molecular flexibility index (Phi) is 7.18. The number of benzene rings is 2. The maximum atomic E-state index is 12.6. The molecule has 29 heavy (non-hydrogen) atoms. The van der Waals surface area contributed by atoms with E-state index >= 15 is 0 Å². The number of carbonyl (C=O) groups excluding carboxylic acids is 1. The van der Waals surface area contributed by atoms with Crippen molar-refractivity contribution >= 4 is 45.2 Å². The van der Waals surface area contributed by atoms with Crippen LogP contribution >= 0.6 is 28.1 Å². The molecule has 0 atom stereocenters. The van der Waals surface area contributed by atoms with Gasteiger partial charge in [-0.2, -0.15) is 5.26 Å². The summed E-state index contributed by atoms with van der Waals surface area (Å²) in [5, 5.41) is 9.43. The minimum atomic E-state index is -0.699. The highest BCUT2D eigenvalue weighted by molar-refractivity contribution is 9.10. The molecule has 0 N–H and O–H groups in total. The number of esters is 1. The van der Waals surface area contributed by atoms with Gasteiger partial charge in [-0.15, -0.1) is 0 Å². The van der Waals surface area contributed by atoms with Gasteiger partial charge in [0.15, 0.2) is 0 Å². The Hall–Kier alpha value is -2.49. The van der Waals surface area contributed by atoms with Gasteiger partial charge in [-0.25, -0.2) is 4.79 Å². The van der Waals surface area contributed by atoms with Gasteiger partial charge in [0.05, 0.1) is 5.56 Å². The second kappa shape index (κ2) is 9.82. The molecule has 2 aromatic carbocycles. The average molecular weight is 469 g/mol. The van der Waals surface area contributed by atoms with Crippen LogP contribution in [0.1, 0.15) is 30.9 Å². The number of rotatable bonds is 4. The Labute approximate surface area is 184 Å². The molecule has 6 heteroatoms. The summed E-state index contributed by atoms with van der Waals surface area (Å²) in [7, 11) is 0. The van der Waals surface area contributed by atoms with E-state index in [0.29, 0.717) is 22.2 Å². The van der Waals surface area contributed by atoms with Crippen molar-refractivity contribution in [3.05, 3.63) is 69.7 Å². The van der Waals surface area contributed by atoms with Crippen LogP contribution in [0.5, 0.6) is 5.75 Å². The molecular weight excluding hydrogens is 448 g/mol. The van der Waals surface area contributed by atoms with E-state index in [1.54, 1.807) is 12.1 Å². The van der Waals surface area contributed by atoms with Gasteiger partial charge in [0, 0.05) is 17.6 Å². The van der Waals surface area contributed by atoms with Crippen molar-refractivity contribution in [2.24, 2.45) is 5.92 Å². The summed E-state index contributed by atoms with van der Waals surface area (Å²) in [5.41, 5.74) is 1.37. The van der Waals surface area contributed by atoms with Crippen molar-refractivity contribution in [1.29, 1.82) is 5.26 Å². The molecule has 148 valence electrons. The van der Waals surface area contributed by atoms with Gasteiger partial charge in [0.25, 0.3) is 0 Å². The predicted octanol–water partition coefficient (Wildman–Crippen LogP) is 5.37. The summed E-state index contributed by atoms with van der Waals surface area (Å²) in [6.45, 7) is 4.02. The lowest BCUT2D eigenvalue weighted by Crippen LogP contribution is -2.37. The summed E-state index contributed by atoms with van der Waals surface area (Å²) in [6.07, 6.45) is 3.69. The molecule has 0 spiro atoms. The van der Waals surface area contributed by atoms with Crippen molar-refractivity contribution in [2.75, 3.05) is 13.1 Å². The Balaban J connectivity index is 1.83. The smallest absolute Gasteiger partial charge is 0.354 e. The Bertz CT molecular complexity index is 974. The molecule has 0 aliphatic carbocycles. The van der Waals surface area contributed by atoms with Crippen molar-refractivity contribution in [3.8, 4) is 11.8 Å². The summed E-state index contributed by atoms with van der Waals surface area (Å²) in [6, 6.07) is 16.5. The van der Waals surface area contributed by atoms with E-state index in [4.69, 9.17) is 17.0 Å². The number of hydrogen-bond donors (Lipinski definition) is 0. The van der Waals surface area contributed by atoms with Crippen molar-refractivity contribution in [1.82, 2.24) is 4.90 Å². The molecule has 1 aliphatic rings. The largest absolute Gasteiger partial charge is 0.422 e. The second-order valence-electron chi connectivity index (χ2n) is 7.09. The van der Waals surface area contributed by atoms with E-state index in [-0.39, 0.29) is 5.57 Å². The lowest BCUT2D eigenvalue weighted by atomic mass is 9.99. The van der Waals surface area contributed by atoms with Gasteiger partial charge in [0.2, 0.25) is 0 Å². The third-order valence-electron chi connectivity index (χ3n) is 4.90. The number of thiocarbonyl (C=S) groups is 1. The van der Waals surface area contributed by atoms with Crippen LogP contribution in [0.2, 0.25) is 0 Å². The molecule has 0 aromatic heterocycles. The number of likely N-dealkylation sites (tertiary alicyclic amines) is 1. The molecule has 1 aliphatic heterocycles. The van der Waals surface area contributed by atoms with Crippen molar-refractivity contribution < 1.29 is 9.53 Å². The first-order valence-electron chi connectivity index (χ1n) is 9.46. The van der Waals surface area contributed by atoms with Crippen molar-refractivity contribution in [3.63, 3.8) is 0 Å². The lowest BCUT2D eigenvalue weighted by Gasteiger charge is -2.32. The zero-order valence-corrected chi connectivity index (χ0v) is 18.5. The normalized spacial score (nSPS) is 14.9. The SMILES string of the molecule is CC1CCN(C(=S)c2cc(Br)ccc2OC(=O)/C(C#N)=C/c2ccccc2)CC1.